The predicted octanol–water partition coefficient (Wildman–Crippen LogP) is 4.81. The van der Waals surface area contributed by atoms with E-state index >= 15 is 0 Å². The van der Waals surface area contributed by atoms with Gasteiger partial charge in [0.25, 0.3) is 0 Å². The largest absolute Gasteiger partial charge is 0.375 e. The molecule has 0 aromatic heterocycles. The van der Waals surface area contributed by atoms with Crippen LogP contribution in [0.3, 0.4) is 0 Å². The summed E-state index contributed by atoms with van der Waals surface area (Å²) in [5.74, 6) is 2.25. The molecule has 0 spiro atoms. The number of hydrogen-bond acceptors (Lipinski definition) is 2. The van der Waals surface area contributed by atoms with Crippen molar-refractivity contribution in [2.75, 3.05) is 12.4 Å². The van der Waals surface area contributed by atoms with E-state index in [1.807, 2.05) is 0 Å². The summed E-state index contributed by atoms with van der Waals surface area (Å²) in [6, 6.07) is 0. The van der Waals surface area contributed by atoms with Crippen molar-refractivity contribution in [3.8, 4) is 0 Å². The Morgan fingerprint density at radius 1 is 1.06 bits per heavy atom. The number of hydrogen-bond donors (Lipinski definition) is 1. The van der Waals surface area contributed by atoms with Crippen molar-refractivity contribution in [2.24, 2.45) is 17.3 Å². The quantitative estimate of drug-likeness (QED) is 0.616. The molecule has 1 atom stereocenters. The van der Waals surface area contributed by atoms with Gasteiger partial charge in [-0.15, -0.1) is 0 Å². The monoisotopic (exact) mass is 260 g/mol. The lowest BCUT2D eigenvalue weighted by molar-refractivity contribution is -0.0713. The molecule has 0 radical (unpaired) electrons. The Hall–Kier alpha value is 0.310. The molecule has 1 unspecified atom stereocenters. The molecule has 0 heterocycles. The highest BCUT2D eigenvalue weighted by Gasteiger charge is 2.28. The second-order valence-electron chi connectivity index (χ2n) is 7.05. The normalized spacial score (nSPS) is 15.4. The lowest BCUT2D eigenvalue weighted by atomic mass is 9.81. The molecule has 0 saturated heterocycles. The van der Waals surface area contributed by atoms with Crippen LogP contribution in [0.4, 0.5) is 0 Å². The fraction of sp³-hybridized carbons (Fsp3) is 1.00. The van der Waals surface area contributed by atoms with Crippen LogP contribution < -0.4 is 0 Å². The van der Waals surface area contributed by atoms with Gasteiger partial charge in [0.15, 0.2) is 0 Å². The van der Waals surface area contributed by atoms with Gasteiger partial charge in [-0.05, 0) is 49.7 Å². The molecule has 0 saturated carbocycles. The van der Waals surface area contributed by atoms with E-state index in [4.69, 9.17) is 4.74 Å². The van der Waals surface area contributed by atoms with Crippen LogP contribution in [-0.4, -0.2) is 18.0 Å². The van der Waals surface area contributed by atoms with Crippen LogP contribution in [0.5, 0.6) is 0 Å². The summed E-state index contributed by atoms with van der Waals surface area (Å²) >= 11 is 4.39. The first kappa shape index (κ1) is 17.3. The van der Waals surface area contributed by atoms with Crippen molar-refractivity contribution in [3.05, 3.63) is 0 Å². The molecular formula is C15H32OS. The molecule has 104 valence electrons. The summed E-state index contributed by atoms with van der Waals surface area (Å²) in [6.45, 7) is 16.6. The van der Waals surface area contributed by atoms with Gasteiger partial charge in [-0.3, -0.25) is 0 Å². The van der Waals surface area contributed by atoms with Gasteiger partial charge in [0, 0.05) is 0 Å². The molecule has 0 bridgehead atoms. The van der Waals surface area contributed by atoms with Crippen LogP contribution in [0, 0.1) is 17.3 Å². The number of rotatable bonds is 8. The standard InChI is InChI=1S/C15H32OS/c1-12(2)8-9-15(6,7)16-11-14(4,5)13(3)10-17/h12-13,17H,8-11H2,1-7H3. The van der Waals surface area contributed by atoms with E-state index in [0.29, 0.717) is 5.92 Å². The zero-order valence-corrected chi connectivity index (χ0v) is 13.7. The lowest BCUT2D eigenvalue weighted by Crippen LogP contribution is -2.35. The molecular weight excluding hydrogens is 228 g/mol. The van der Waals surface area contributed by atoms with E-state index in [-0.39, 0.29) is 11.0 Å². The Morgan fingerprint density at radius 3 is 2.00 bits per heavy atom. The van der Waals surface area contributed by atoms with Crippen LogP contribution >= 0.6 is 12.6 Å². The highest BCUT2D eigenvalue weighted by atomic mass is 32.1. The van der Waals surface area contributed by atoms with Crippen LogP contribution in [0.2, 0.25) is 0 Å². The van der Waals surface area contributed by atoms with Gasteiger partial charge in [0.05, 0.1) is 12.2 Å². The van der Waals surface area contributed by atoms with Gasteiger partial charge >= 0.3 is 0 Å². The van der Waals surface area contributed by atoms with Gasteiger partial charge in [-0.2, -0.15) is 12.6 Å². The second-order valence-corrected chi connectivity index (χ2v) is 7.42. The van der Waals surface area contributed by atoms with Crippen molar-refractivity contribution in [2.45, 2.75) is 66.9 Å². The molecule has 0 aromatic carbocycles. The third kappa shape index (κ3) is 7.35. The van der Waals surface area contributed by atoms with Crippen molar-refractivity contribution in [3.63, 3.8) is 0 Å². The third-order valence-electron chi connectivity index (χ3n) is 3.77. The Bertz CT molecular complexity index is 209. The van der Waals surface area contributed by atoms with Crippen LogP contribution in [0.15, 0.2) is 0 Å². The summed E-state index contributed by atoms with van der Waals surface area (Å²) in [7, 11) is 0. The Kier molecular flexibility index (Phi) is 7.16. The van der Waals surface area contributed by atoms with Crippen molar-refractivity contribution >= 4 is 12.6 Å². The summed E-state index contributed by atoms with van der Waals surface area (Å²) in [6.07, 6.45) is 2.37. The van der Waals surface area contributed by atoms with E-state index in [2.05, 4.69) is 61.1 Å². The fourth-order valence-corrected chi connectivity index (χ4v) is 1.97. The lowest BCUT2D eigenvalue weighted by Gasteiger charge is -2.35. The second kappa shape index (κ2) is 7.04. The summed E-state index contributed by atoms with van der Waals surface area (Å²) in [5.41, 5.74) is 0.203. The van der Waals surface area contributed by atoms with Crippen LogP contribution in [0.1, 0.15) is 61.3 Å². The maximum atomic E-state index is 6.13. The smallest absolute Gasteiger partial charge is 0.0626 e. The third-order valence-corrected chi connectivity index (χ3v) is 4.31. The molecule has 0 aliphatic carbocycles. The molecule has 0 aromatic rings. The minimum Gasteiger partial charge on any atom is -0.375 e. The molecule has 0 N–H and O–H groups in total. The van der Waals surface area contributed by atoms with Crippen LogP contribution in [0.25, 0.3) is 0 Å². The van der Waals surface area contributed by atoms with Gasteiger partial charge in [0.1, 0.15) is 0 Å². The van der Waals surface area contributed by atoms with E-state index in [1.54, 1.807) is 0 Å². The summed E-state index contributed by atoms with van der Waals surface area (Å²) in [5, 5.41) is 0. The Morgan fingerprint density at radius 2 is 1.59 bits per heavy atom. The van der Waals surface area contributed by atoms with Crippen molar-refractivity contribution in [1.82, 2.24) is 0 Å². The van der Waals surface area contributed by atoms with E-state index in [9.17, 15) is 0 Å². The van der Waals surface area contributed by atoms with E-state index < -0.39 is 0 Å². The van der Waals surface area contributed by atoms with Crippen molar-refractivity contribution < 1.29 is 4.74 Å². The molecule has 0 aliphatic rings. The molecule has 0 rings (SSSR count). The molecule has 17 heavy (non-hydrogen) atoms. The van der Waals surface area contributed by atoms with E-state index in [0.717, 1.165) is 24.7 Å². The Balaban J connectivity index is 4.16. The first-order valence-electron chi connectivity index (χ1n) is 6.85. The summed E-state index contributed by atoms with van der Waals surface area (Å²) < 4.78 is 6.13. The average Bonchev–Trinajstić information content (AvgIpc) is 2.23. The first-order valence-corrected chi connectivity index (χ1v) is 7.49. The number of ether oxygens (including phenoxy) is 1. The van der Waals surface area contributed by atoms with Crippen LogP contribution in [-0.2, 0) is 4.74 Å². The van der Waals surface area contributed by atoms with Gasteiger partial charge in [-0.25, -0.2) is 0 Å². The highest BCUT2D eigenvalue weighted by molar-refractivity contribution is 7.80. The SMILES string of the molecule is CC(C)CCC(C)(C)OCC(C)(C)C(C)CS. The molecule has 0 fully saturated rings. The highest BCUT2D eigenvalue weighted by Crippen LogP contribution is 2.30. The molecule has 0 aliphatic heterocycles. The zero-order valence-electron chi connectivity index (χ0n) is 12.8. The maximum absolute atomic E-state index is 6.13. The molecule has 2 heteroatoms. The molecule has 0 amide bonds. The van der Waals surface area contributed by atoms with Gasteiger partial charge < -0.3 is 4.74 Å². The summed E-state index contributed by atoms with van der Waals surface area (Å²) in [4.78, 5) is 0. The first-order chi connectivity index (χ1) is 7.60. The zero-order chi connectivity index (χ0) is 13.7. The topological polar surface area (TPSA) is 9.23 Å². The van der Waals surface area contributed by atoms with E-state index in [1.165, 1.54) is 6.42 Å². The number of thiol groups is 1. The average molecular weight is 260 g/mol. The molecule has 1 nitrogen and oxygen atoms in total. The fourth-order valence-electron chi connectivity index (χ4n) is 1.48. The van der Waals surface area contributed by atoms with Gasteiger partial charge in [0.2, 0.25) is 0 Å². The Labute approximate surface area is 114 Å². The maximum Gasteiger partial charge on any atom is 0.0626 e. The van der Waals surface area contributed by atoms with Crippen molar-refractivity contribution in [1.29, 1.82) is 0 Å². The minimum absolute atomic E-state index is 0.00212. The predicted molar refractivity (Wildman–Crippen MR) is 80.9 cm³/mol. The minimum atomic E-state index is -0.00212. The van der Waals surface area contributed by atoms with Gasteiger partial charge in [-0.1, -0.05) is 34.6 Å².